The van der Waals surface area contributed by atoms with Crippen molar-refractivity contribution in [1.29, 1.82) is 0 Å². The van der Waals surface area contributed by atoms with E-state index in [2.05, 4.69) is 31.9 Å². The summed E-state index contributed by atoms with van der Waals surface area (Å²) in [5, 5.41) is 0.602. The maximum atomic E-state index is 12.5. The van der Waals surface area contributed by atoms with Gasteiger partial charge in [0.05, 0.1) is 0 Å². The van der Waals surface area contributed by atoms with Gasteiger partial charge in [0.25, 0.3) is 11.8 Å². The van der Waals surface area contributed by atoms with E-state index >= 15 is 0 Å². The summed E-state index contributed by atoms with van der Waals surface area (Å²) in [5.74, 6) is -0.838. The number of hydrogen-bond donors (Lipinski definition) is 0. The van der Waals surface area contributed by atoms with Crippen molar-refractivity contribution in [2.45, 2.75) is 32.8 Å². The molecule has 0 radical (unpaired) electrons. The van der Waals surface area contributed by atoms with Gasteiger partial charge in [0, 0.05) is 61.0 Å². The summed E-state index contributed by atoms with van der Waals surface area (Å²) >= 11 is 6.47. The molecular formula is C18H25Br2N3O5. The van der Waals surface area contributed by atoms with Crippen molar-refractivity contribution < 1.29 is 23.9 Å². The highest BCUT2D eigenvalue weighted by Gasteiger charge is 2.37. The molecule has 0 unspecified atom stereocenters. The second-order valence-electron chi connectivity index (χ2n) is 7.58. The zero-order valence-electron chi connectivity index (χ0n) is 16.3. The van der Waals surface area contributed by atoms with Gasteiger partial charge in [-0.3, -0.25) is 19.3 Å². The number of nitrogens with zero attached hydrogens (tertiary/aromatic N) is 3. The fraction of sp³-hybridized carbons (Fsp3) is 0.667. The lowest BCUT2D eigenvalue weighted by Gasteiger charge is -2.35. The number of piperazine rings is 1. The summed E-state index contributed by atoms with van der Waals surface area (Å²) < 4.78 is 5.34. The number of hydrogen-bond acceptors (Lipinski definition) is 5. The molecular weight excluding hydrogens is 498 g/mol. The van der Waals surface area contributed by atoms with Crippen LogP contribution in [0.1, 0.15) is 27.2 Å². The van der Waals surface area contributed by atoms with Gasteiger partial charge in [-0.05, 0) is 20.8 Å². The van der Waals surface area contributed by atoms with Crippen LogP contribution in [0, 0.1) is 0 Å². The number of rotatable bonds is 5. The van der Waals surface area contributed by atoms with E-state index in [1.807, 2.05) is 20.8 Å². The first-order chi connectivity index (χ1) is 13.1. The molecule has 0 aliphatic carbocycles. The van der Waals surface area contributed by atoms with Crippen molar-refractivity contribution in [2.24, 2.45) is 0 Å². The molecule has 2 heterocycles. The van der Waals surface area contributed by atoms with E-state index in [1.165, 1.54) is 0 Å². The van der Waals surface area contributed by atoms with Crippen molar-refractivity contribution in [2.75, 3.05) is 43.4 Å². The first-order valence-corrected chi connectivity index (χ1v) is 11.3. The number of alkyl halides is 2. The van der Waals surface area contributed by atoms with Crippen LogP contribution < -0.4 is 0 Å². The second kappa shape index (κ2) is 9.39. The van der Waals surface area contributed by atoms with E-state index in [9.17, 15) is 19.2 Å². The zero-order valence-corrected chi connectivity index (χ0v) is 19.5. The fourth-order valence-corrected chi connectivity index (χ4v) is 4.14. The lowest BCUT2D eigenvalue weighted by Crippen LogP contribution is -2.52. The Morgan fingerprint density at radius 1 is 0.929 bits per heavy atom. The van der Waals surface area contributed by atoms with Crippen molar-refractivity contribution in [1.82, 2.24) is 14.7 Å². The van der Waals surface area contributed by atoms with E-state index in [0.29, 0.717) is 48.0 Å². The summed E-state index contributed by atoms with van der Waals surface area (Å²) in [6.07, 6.45) is -0.321. The third kappa shape index (κ3) is 5.34. The molecule has 0 spiro atoms. The second-order valence-corrected chi connectivity index (χ2v) is 8.71. The Morgan fingerprint density at radius 3 is 1.82 bits per heavy atom. The SMILES string of the molecule is CC(C)(C)OC(=O)N1CCN(C(=O)CCN2C(=O)C(CBr)=C(CBr)C2=O)CC1. The average molecular weight is 523 g/mol. The number of halogens is 2. The molecule has 0 aromatic heterocycles. The van der Waals surface area contributed by atoms with Crippen LogP contribution in [0.5, 0.6) is 0 Å². The molecule has 2 aliphatic heterocycles. The first-order valence-electron chi connectivity index (χ1n) is 9.05. The Labute approximate surface area is 181 Å². The van der Waals surface area contributed by atoms with Gasteiger partial charge < -0.3 is 14.5 Å². The molecule has 0 bridgehead atoms. The minimum absolute atomic E-state index is 0.0514. The molecule has 28 heavy (non-hydrogen) atoms. The Bertz CT molecular complexity index is 668. The van der Waals surface area contributed by atoms with E-state index in [4.69, 9.17) is 4.74 Å². The van der Waals surface area contributed by atoms with Crippen LogP contribution in [0.15, 0.2) is 11.1 Å². The maximum Gasteiger partial charge on any atom is 0.410 e. The van der Waals surface area contributed by atoms with Gasteiger partial charge >= 0.3 is 6.09 Å². The minimum Gasteiger partial charge on any atom is -0.444 e. The molecule has 0 aromatic carbocycles. The van der Waals surface area contributed by atoms with E-state index in [1.54, 1.807) is 9.80 Å². The van der Waals surface area contributed by atoms with Gasteiger partial charge in [0.1, 0.15) is 5.60 Å². The van der Waals surface area contributed by atoms with Gasteiger partial charge in [-0.25, -0.2) is 4.79 Å². The topological polar surface area (TPSA) is 87.2 Å². The maximum absolute atomic E-state index is 12.5. The molecule has 4 amide bonds. The summed E-state index contributed by atoms with van der Waals surface area (Å²) in [6.45, 7) is 7.06. The molecule has 156 valence electrons. The Hall–Kier alpha value is -1.42. The van der Waals surface area contributed by atoms with Gasteiger partial charge in [0.15, 0.2) is 0 Å². The molecule has 0 atom stereocenters. The first kappa shape index (κ1) is 22.9. The average Bonchev–Trinajstić information content (AvgIpc) is 2.87. The van der Waals surface area contributed by atoms with E-state index < -0.39 is 5.60 Å². The van der Waals surface area contributed by atoms with E-state index in [-0.39, 0.29) is 36.8 Å². The van der Waals surface area contributed by atoms with Crippen LogP contribution in [0.25, 0.3) is 0 Å². The highest BCUT2D eigenvalue weighted by Crippen LogP contribution is 2.24. The predicted octanol–water partition coefficient (Wildman–Crippen LogP) is 1.91. The van der Waals surface area contributed by atoms with Crippen LogP contribution >= 0.6 is 31.9 Å². The summed E-state index contributed by atoms with van der Waals surface area (Å²) in [7, 11) is 0. The molecule has 2 rings (SSSR count). The Kier molecular flexibility index (Phi) is 7.66. The Balaban J connectivity index is 1.83. The number of ether oxygens (including phenoxy) is 1. The lowest BCUT2D eigenvalue weighted by molar-refractivity contribution is -0.139. The predicted molar refractivity (Wildman–Crippen MR) is 110 cm³/mol. The number of carbonyl (C=O) groups excluding carboxylic acids is 4. The lowest BCUT2D eigenvalue weighted by atomic mass is 10.2. The highest BCUT2D eigenvalue weighted by molar-refractivity contribution is 9.09. The van der Waals surface area contributed by atoms with Gasteiger partial charge in [0.2, 0.25) is 5.91 Å². The monoisotopic (exact) mass is 521 g/mol. The van der Waals surface area contributed by atoms with Crippen LogP contribution in [-0.4, -0.2) is 87.5 Å². The standard InChI is InChI=1S/C18H25Br2N3O5/c1-18(2,3)28-17(27)22-8-6-21(7-9-22)14(24)4-5-23-15(25)12(10-19)13(11-20)16(23)26/h4-11H2,1-3H3. The molecule has 0 aromatic rings. The third-order valence-electron chi connectivity index (χ3n) is 4.47. The number of imide groups is 1. The molecule has 1 fully saturated rings. The van der Waals surface area contributed by atoms with Crippen molar-refractivity contribution in [3.05, 3.63) is 11.1 Å². The zero-order chi connectivity index (χ0) is 21.1. The van der Waals surface area contributed by atoms with E-state index in [0.717, 1.165) is 4.90 Å². The van der Waals surface area contributed by atoms with Crippen LogP contribution in [0.2, 0.25) is 0 Å². The normalized spacial score (nSPS) is 18.2. The van der Waals surface area contributed by atoms with Gasteiger partial charge in [-0.15, -0.1) is 0 Å². The highest BCUT2D eigenvalue weighted by atomic mass is 79.9. The van der Waals surface area contributed by atoms with Crippen molar-refractivity contribution >= 4 is 55.7 Å². The van der Waals surface area contributed by atoms with Crippen LogP contribution in [-0.2, 0) is 19.1 Å². The molecule has 0 N–H and O–H groups in total. The summed E-state index contributed by atoms with van der Waals surface area (Å²) in [6, 6.07) is 0. The smallest absolute Gasteiger partial charge is 0.410 e. The number of amides is 4. The summed E-state index contributed by atoms with van der Waals surface area (Å²) in [5.41, 5.74) is 0.301. The van der Waals surface area contributed by atoms with Gasteiger partial charge in [-0.2, -0.15) is 0 Å². The third-order valence-corrected chi connectivity index (χ3v) is 5.59. The largest absolute Gasteiger partial charge is 0.444 e. The molecule has 8 nitrogen and oxygen atoms in total. The minimum atomic E-state index is -0.561. The van der Waals surface area contributed by atoms with Crippen molar-refractivity contribution in [3.8, 4) is 0 Å². The van der Waals surface area contributed by atoms with Gasteiger partial charge in [-0.1, -0.05) is 31.9 Å². The summed E-state index contributed by atoms with van der Waals surface area (Å²) in [4.78, 5) is 53.6. The molecule has 1 saturated heterocycles. The molecule has 0 saturated carbocycles. The van der Waals surface area contributed by atoms with Crippen LogP contribution in [0.3, 0.4) is 0 Å². The van der Waals surface area contributed by atoms with Crippen LogP contribution in [0.4, 0.5) is 4.79 Å². The molecule has 2 aliphatic rings. The fourth-order valence-electron chi connectivity index (χ4n) is 2.99. The quantitative estimate of drug-likeness (QED) is 0.406. The number of carbonyl (C=O) groups is 4. The van der Waals surface area contributed by atoms with Crippen molar-refractivity contribution in [3.63, 3.8) is 0 Å². The Morgan fingerprint density at radius 2 is 1.39 bits per heavy atom. The molecule has 10 heteroatoms.